The Morgan fingerprint density at radius 3 is 2.75 bits per heavy atom. The SMILES string of the molecule is NC(=N/N=C/c1cc(Cl)cc(Cl)c1O)NO. The summed E-state index contributed by atoms with van der Waals surface area (Å²) in [5.41, 5.74) is 6.97. The minimum Gasteiger partial charge on any atom is -0.506 e. The average molecular weight is 263 g/mol. The molecule has 0 aliphatic heterocycles. The van der Waals surface area contributed by atoms with Crippen LogP contribution in [0.2, 0.25) is 10.0 Å². The lowest BCUT2D eigenvalue weighted by atomic mass is 10.2. The Bertz CT molecular complexity index is 448. The summed E-state index contributed by atoms with van der Waals surface area (Å²) in [6.07, 6.45) is 1.19. The molecule has 0 spiro atoms. The molecule has 1 aromatic carbocycles. The second-order valence-corrected chi connectivity index (χ2v) is 3.51. The zero-order valence-electron chi connectivity index (χ0n) is 7.85. The van der Waals surface area contributed by atoms with Crippen LogP contribution in [0.3, 0.4) is 0 Å². The monoisotopic (exact) mass is 262 g/mol. The van der Waals surface area contributed by atoms with E-state index >= 15 is 0 Å². The summed E-state index contributed by atoms with van der Waals surface area (Å²) in [5, 5.41) is 25.1. The third-order valence-corrected chi connectivity index (χ3v) is 2.04. The van der Waals surface area contributed by atoms with Gasteiger partial charge in [0.15, 0.2) is 0 Å². The maximum atomic E-state index is 9.52. The van der Waals surface area contributed by atoms with E-state index in [4.69, 9.17) is 34.1 Å². The van der Waals surface area contributed by atoms with Crippen LogP contribution < -0.4 is 11.2 Å². The number of guanidine groups is 1. The van der Waals surface area contributed by atoms with Crippen LogP contribution in [-0.4, -0.2) is 22.5 Å². The van der Waals surface area contributed by atoms with Gasteiger partial charge in [-0.25, -0.2) is 5.48 Å². The molecule has 0 aromatic heterocycles. The summed E-state index contributed by atoms with van der Waals surface area (Å²) in [5.74, 6) is -0.454. The van der Waals surface area contributed by atoms with Gasteiger partial charge in [-0.15, -0.1) is 5.10 Å². The van der Waals surface area contributed by atoms with E-state index in [1.54, 1.807) is 5.48 Å². The van der Waals surface area contributed by atoms with Gasteiger partial charge < -0.3 is 10.8 Å². The van der Waals surface area contributed by atoms with Gasteiger partial charge in [-0.1, -0.05) is 23.2 Å². The van der Waals surface area contributed by atoms with E-state index in [2.05, 4.69) is 10.2 Å². The van der Waals surface area contributed by atoms with Gasteiger partial charge in [-0.2, -0.15) is 5.10 Å². The van der Waals surface area contributed by atoms with Crippen LogP contribution in [0.15, 0.2) is 22.3 Å². The summed E-state index contributed by atoms with van der Waals surface area (Å²) >= 11 is 11.4. The lowest BCUT2D eigenvalue weighted by Crippen LogP contribution is -2.27. The Labute approximate surface area is 101 Å². The number of benzene rings is 1. The topological polar surface area (TPSA) is 103 Å². The van der Waals surface area contributed by atoms with E-state index in [1.165, 1.54) is 18.3 Å². The van der Waals surface area contributed by atoms with Crippen LogP contribution >= 0.6 is 23.2 Å². The van der Waals surface area contributed by atoms with E-state index < -0.39 is 0 Å². The Balaban J connectivity index is 2.97. The first-order valence-electron chi connectivity index (χ1n) is 3.99. The van der Waals surface area contributed by atoms with Crippen molar-refractivity contribution in [1.29, 1.82) is 0 Å². The molecule has 0 atom stereocenters. The van der Waals surface area contributed by atoms with Crippen LogP contribution in [-0.2, 0) is 0 Å². The van der Waals surface area contributed by atoms with Gasteiger partial charge >= 0.3 is 0 Å². The van der Waals surface area contributed by atoms with Crippen LogP contribution in [0.4, 0.5) is 0 Å². The van der Waals surface area contributed by atoms with Crippen molar-refractivity contribution in [2.45, 2.75) is 0 Å². The molecule has 16 heavy (non-hydrogen) atoms. The molecule has 0 radical (unpaired) electrons. The molecule has 0 bridgehead atoms. The zero-order chi connectivity index (χ0) is 12.1. The molecular formula is C8H8Cl2N4O2. The first-order chi connectivity index (χ1) is 7.54. The first kappa shape index (κ1) is 12.6. The number of rotatable bonds is 2. The summed E-state index contributed by atoms with van der Waals surface area (Å²) in [4.78, 5) is 0. The van der Waals surface area contributed by atoms with Crippen molar-refractivity contribution in [3.8, 4) is 5.75 Å². The number of hydrogen-bond acceptors (Lipinski definition) is 4. The van der Waals surface area contributed by atoms with Crippen LogP contribution in [0.1, 0.15) is 5.56 Å². The Kier molecular flexibility index (Phi) is 4.36. The summed E-state index contributed by atoms with van der Waals surface area (Å²) < 4.78 is 0. The summed E-state index contributed by atoms with van der Waals surface area (Å²) in [6.45, 7) is 0. The second-order valence-electron chi connectivity index (χ2n) is 2.67. The number of hydroxylamine groups is 1. The van der Waals surface area contributed by atoms with Crippen molar-refractivity contribution in [3.05, 3.63) is 27.7 Å². The number of nitrogens with zero attached hydrogens (tertiary/aromatic N) is 2. The number of phenolic OH excluding ortho intramolecular Hbond substituents is 1. The third kappa shape index (κ3) is 3.27. The van der Waals surface area contributed by atoms with Gasteiger partial charge in [-0.05, 0) is 12.1 Å². The van der Waals surface area contributed by atoms with Gasteiger partial charge in [0.05, 0.1) is 11.2 Å². The molecule has 0 aliphatic rings. The van der Waals surface area contributed by atoms with E-state index in [0.29, 0.717) is 5.02 Å². The van der Waals surface area contributed by atoms with Crippen LogP contribution in [0.5, 0.6) is 5.75 Å². The smallest absolute Gasteiger partial charge is 0.237 e. The molecule has 6 nitrogen and oxygen atoms in total. The fourth-order valence-electron chi connectivity index (χ4n) is 0.860. The van der Waals surface area contributed by atoms with Crippen LogP contribution in [0, 0.1) is 0 Å². The molecule has 0 heterocycles. The molecule has 0 amide bonds. The molecule has 1 rings (SSSR count). The molecule has 0 unspecified atom stereocenters. The highest BCUT2D eigenvalue weighted by Gasteiger charge is 2.05. The van der Waals surface area contributed by atoms with E-state index in [-0.39, 0.29) is 22.3 Å². The number of nitrogens with two attached hydrogens (primary N) is 1. The highest BCUT2D eigenvalue weighted by molar-refractivity contribution is 6.36. The van der Waals surface area contributed by atoms with Crippen LogP contribution in [0.25, 0.3) is 0 Å². The fourth-order valence-corrected chi connectivity index (χ4v) is 1.37. The number of nitrogens with one attached hydrogen (secondary N) is 1. The predicted octanol–water partition coefficient (Wildman–Crippen LogP) is 1.33. The Hall–Kier alpha value is -1.50. The van der Waals surface area contributed by atoms with Crippen molar-refractivity contribution in [2.75, 3.05) is 0 Å². The fraction of sp³-hybridized carbons (Fsp3) is 0. The van der Waals surface area contributed by atoms with Gasteiger partial charge in [0.1, 0.15) is 5.75 Å². The van der Waals surface area contributed by atoms with Gasteiger partial charge in [-0.3, -0.25) is 5.21 Å². The highest BCUT2D eigenvalue weighted by Crippen LogP contribution is 2.29. The highest BCUT2D eigenvalue weighted by atomic mass is 35.5. The van der Waals surface area contributed by atoms with E-state index in [0.717, 1.165) is 0 Å². The predicted molar refractivity (Wildman–Crippen MR) is 62.3 cm³/mol. The van der Waals surface area contributed by atoms with Gasteiger partial charge in [0, 0.05) is 10.6 Å². The van der Waals surface area contributed by atoms with E-state index in [1.807, 2.05) is 0 Å². The second kappa shape index (κ2) is 5.55. The normalized spacial score (nSPS) is 12.1. The molecule has 5 N–H and O–H groups in total. The van der Waals surface area contributed by atoms with Crippen molar-refractivity contribution in [3.63, 3.8) is 0 Å². The number of hydrogen-bond donors (Lipinski definition) is 4. The molecule has 8 heteroatoms. The number of halogens is 2. The molecule has 0 aliphatic carbocycles. The molecule has 0 saturated carbocycles. The average Bonchev–Trinajstić information content (AvgIpc) is 2.24. The zero-order valence-corrected chi connectivity index (χ0v) is 9.37. The largest absolute Gasteiger partial charge is 0.506 e. The molecule has 0 fully saturated rings. The lowest BCUT2D eigenvalue weighted by Gasteiger charge is -2.01. The minimum atomic E-state index is -0.288. The summed E-state index contributed by atoms with van der Waals surface area (Å²) in [6, 6.07) is 2.84. The summed E-state index contributed by atoms with van der Waals surface area (Å²) in [7, 11) is 0. The van der Waals surface area contributed by atoms with E-state index in [9.17, 15) is 5.11 Å². The number of phenols is 1. The maximum Gasteiger partial charge on any atom is 0.237 e. The number of aromatic hydroxyl groups is 1. The van der Waals surface area contributed by atoms with Crippen molar-refractivity contribution in [2.24, 2.45) is 15.9 Å². The maximum absolute atomic E-state index is 9.52. The molecule has 86 valence electrons. The standard InChI is InChI=1S/C8H8Cl2N4O2/c9-5-1-4(7(15)6(10)2-5)3-12-13-8(11)14-16/h1-3,15-16H,(H3,11,13,14)/b12-3+. The van der Waals surface area contributed by atoms with Gasteiger partial charge in [0.2, 0.25) is 5.96 Å². The minimum absolute atomic E-state index is 0.103. The van der Waals surface area contributed by atoms with Crippen molar-refractivity contribution < 1.29 is 10.3 Å². The quantitative estimate of drug-likeness (QED) is 0.367. The Morgan fingerprint density at radius 1 is 1.44 bits per heavy atom. The van der Waals surface area contributed by atoms with Crippen molar-refractivity contribution >= 4 is 35.4 Å². The molecule has 0 saturated heterocycles. The van der Waals surface area contributed by atoms with Gasteiger partial charge in [0.25, 0.3) is 0 Å². The van der Waals surface area contributed by atoms with Crippen molar-refractivity contribution in [1.82, 2.24) is 5.48 Å². The lowest BCUT2D eigenvalue weighted by molar-refractivity contribution is 0.232. The molecular weight excluding hydrogens is 255 g/mol. The molecule has 1 aromatic rings. The Morgan fingerprint density at radius 2 is 2.12 bits per heavy atom. The third-order valence-electron chi connectivity index (χ3n) is 1.53. The first-order valence-corrected chi connectivity index (χ1v) is 4.74.